The lowest BCUT2D eigenvalue weighted by atomic mass is 10.1. The zero-order valence-corrected chi connectivity index (χ0v) is 19.5. The SMILES string of the molecule is O=[N+]([O-])c1ccc(Sc2cccc(N(C[C@H](O)C(F)(F)F)Oc3cccc(C(F)(F)C(F)(F)F)c3)c2)cc1. The highest BCUT2D eigenvalue weighted by atomic mass is 32.2. The minimum absolute atomic E-state index is 0.104. The van der Waals surface area contributed by atoms with Gasteiger partial charge in [0.15, 0.2) is 11.9 Å². The van der Waals surface area contributed by atoms with Gasteiger partial charge in [0, 0.05) is 27.5 Å². The maximum absolute atomic E-state index is 13.8. The molecule has 0 aliphatic rings. The van der Waals surface area contributed by atoms with Gasteiger partial charge in [0.2, 0.25) is 0 Å². The van der Waals surface area contributed by atoms with Crippen molar-refractivity contribution < 1.29 is 50.0 Å². The van der Waals surface area contributed by atoms with Gasteiger partial charge in [0.1, 0.15) is 0 Å². The minimum atomic E-state index is -5.93. The molecule has 15 heteroatoms. The van der Waals surface area contributed by atoms with E-state index in [4.69, 9.17) is 4.84 Å². The Bertz CT molecular complexity index is 1270. The third-order valence-corrected chi connectivity index (χ3v) is 5.87. The van der Waals surface area contributed by atoms with Crippen molar-refractivity contribution in [2.75, 3.05) is 11.6 Å². The number of hydroxylamine groups is 1. The van der Waals surface area contributed by atoms with E-state index in [1.165, 1.54) is 42.5 Å². The number of hydrogen-bond acceptors (Lipinski definition) is 6. The number of non-ortho nitro benzene ring substituents is 1. The van der Waals surface area contributed by atoms with Crippen molar-refractivity contribution in [3.8, 4) is 5.75 Å². The van der Waals surface area contributed by atoms with Gasteiger partial charge >= 0.3 is 18.3 Å². The number of anilines is 1. The summed E-state index contributed by atoms with van der Waals surface area (Å²) in [5.74, 6) is -5.90. The van der Waals surface area contributed by atoms with Gasteiger partial charge in [-0.05, 0) is 42.5 Å². The molecular formula is C23H16F8N2O4S. The first-order chi connectivity index (χ1) is 17.6. The molecule has 0 saturated carbocycles. The first-order valence-electron chi connectivity index (χ1n) is 10.4. The number of hydrogen-bond donors (Lipinski definition) is 1. The largest absolute Gasteiger partial charge is 0.458 e. The molecule has 1 N–H and O–H groups in total. The molecule has 0 bridgehead atoms. The Balaban J connectivity index is 1.92. The molecular weight excluding hydrogens is 552 g/mol. The number of benzene rings is 3. The number of nitro groups is 1. The first kappa shape index (κ1) is 29.0. The first-order valence-corrected chi connectivity index (χ1v) is 11.2. The molecule has 3 rings (SSSR count). The van der Waals surface area contributed by atoms with E-state index in [-0.39, 0.29) is 11.4 Å². The molecule has 0 radical (unpaired) electrons. The van der Waals surface area contributed by atoms with E-state index in [2.05, 4.69) is 0 Å². The molecule has 1 atom stereocenters. The minimum Gasteiger partial charge on any atom is -0.382 e. The molecule has 38 heavy (non-hydrogen) atoms. The van der Waals surface area contributed by atoms with Gasteiger partial charge in [0.05, 0.1) is 17.2 Å². The van der Waals surface area contributed by atoms with Crippen molar-refractivity contribution in [2.24, 2.45) is 0 Å². The molecule has 0 spiro atoms. The average Bonchev–Trinajstić information content (AvgIpc) is 2.83. The Labute approximate surface area is 213 Å². The van der Waals surface area contributed by atoms with E-state index in [9.17, 15) is 50.3 Å². The van der Waals surface area contributed by atoms with Crippen LogP contribution in [0.3, 0.4) is 0 Å². The highest BCUT2D eigenvalue weighted by Gasteiger charge is 2.58. The summed E-state index contributed by atoms with van der Waals surface area (Å²) >= 11 is 1.07. The third-order valence-electron chi connectivity index (χ3n) is 4.87. The van der Waals surface area contributed by atoms with Gasteiger partial charge < -0.3 is 9.94 Å². The van der Waals surface area contributed by atoms with Crippen LogP contribution in [0.5, 0.6) is 5.75 Å². The number of nitrogens with zero attached hydrogens (tertiary/aromatic N) is 2. The van der Waals surface area contributed by atoms with Crippen molar-refractivity contribution in [3.05, 3.63) is 88.5 Å². The van der Waals surface area contributed by atoms with Crippen molar-refractivity contribution >= 4 is 23.1 Å². The van der Waals surface area contributed by atoms with Crippen LogP contribution in [-0.4, -0.2) is 35.0 Å². The quantitative estimate of drug-likeness (QED) is 0.168. The van der Waals surface area contributed by atoms with Crippen molar-refractivity contribution in [1.82, 2.24) is 0 Å². The van der Waals surface area contributed by atoms with E-state index in [1.807, 2.05) is 0 Å². The van der Waals surface area contributed by atoms with E-state index in [0.717, 1.165) is 23.9 Å². The van der Waals surface area contributed by atoms with Gasteiger partial charge in [-0.3, -0.25) is 10.1 Å². The fraction of sp³-hybridized carbons (Fsp3) is 0.217. The number of rotatable bonds is 9. The second kappa shape index (κ2) is 11.0. The summed E-state index contributed by atoms with van der Waals surface area (Å²) in [5.41, 5.74) is -1.77. The van der Waals surface area contributed by atoms with E-state index in [1.54, 1.807) is 6.07 Å². The lowest BCUT2D eigenvalue weighted by molar-refractivity contribution is -0.384. The van der Waals surface area contributed by atoms with Crippen LogP contribution >= 0.6 is 11.8 Å². The molecule has 204 valence electrons. The van der Waals surface area contributed by atoms with Crippen LogP contribution in [0, 0.1) is 10.1 Å². The van der Waals surface area contributed by atoms with Crippen LogP contribution < -0.4 is 9.90 Å². The number of nitro benzene ring substituents is 1. The van der Waals surface area contributed by atoms with Crippen LogP contribution in [0.2, 0.25) is 0 Å². The summed E-state index contributed by atoms with van der Waals surface area (Å²) in [4.78, 5) is 16.4. The van der Waals surface area contributed by atoms with Crippen molar-refractivity contribution in [3.63, 3.8) is 0 Å². The second-order valence-electron chi connectivity index (χ2n) is 7.66. The molecule has 6 nitrogen and oxygen atoms in total. The van der Waals surface area contributed by atoms with Gasteiger partial charge in [-0.25, -0.2) is 5.06 Å². The van der Waals surface area contributed by atoms with Gasteiger partial charge in [0.25, 0.3) is 5.69 Å². The standard InChI is InChI=1S/C23H16F8N2O4S/c24-21(25,23(29,30)31)14-3-1-5-17(11-14)37-32(13-20(34)22(26,27)28)16-4-2-6-19(12-16)38-18-9-7-15(8-10-18)33(35)36/h1-12,20,34H,13H2/t20-/m0/s1. The Morgan fingerprint density at radius 3 is 2.11 bits per heavy atom. The second-order valence-corrected chi connectivity index (χ2v) is 8.81. The monoisotopic (exact) mass is 568 g/mol. The highest BCUT2D eigenvalue weighted by Crippen LogP contribution is 2.44. The molecule has 3 aromatic rings. The number of alkyl halides is 8. The van der Waals surface area contributed by atoms with Crippen molar-refractivity contribution in [1.29, 1.82) is 0 Å². The van der Waals surface area contributed by atoms with Crippen molar-refractivity contribution in [2.45, 2.75) is 34.2 Å². The van der Waals surface area contributed by atoms with Gasteiger partial charge in [-0.1, -0.05) is 30.0 Å². The van der Waals surface area contributed by atoms with Crippen LogP contribution in [-0.2, 0) is 5.92 Å². The molecule has 0 unspecified atom stereocenters. The normalized spacial score (nSPS) is 13.2. The molecule has 3 aromatic carbocycles. The Morgan fingerprint density at radius 2 is 1.53 bits per heavy atom. The smallest absolute Gasteiger partial charge is 0.382 e. The molecule has 0 aliphatic heterocycles. The predicted octanol–water partition coefficient (Wildman–Crippen LogP) is 7.12. The summed E-state index contributed by atoms with van der Waals surface area (Å²) in [5, 5.41) is 20.9. The van der Waals surface area contributed by atoms with Crippen LogP contribution in [0.15, 0.2) is 82.6 Å². The zero-order valence-electron chi connectivity index (χ0n) is 18.7. The lowest BCUT2D eigenvalue weighted by Gasteiger charge is -2.28. The number of aliphatic hydroxyl groups is 1. The average molecular weight is 568 g/mol. The van der Waals surface area contributed by atoms with Gasteiger partial charge in [-0.15, -0.1) is 0 Å². The molecule has 0 aromatic heterocycles. The molecule has 0 aliphatic carbocycles. The Hall–Kier alpha value is -3.59. The van der Waals surface area contributed by atoms with Crippen LogP contribution in [0.25, 0.3) is 0 Å². The fourth-order valence-corrected chi connectivity index (χ4v) is 3.84. The summed E-state index contributed by atoms with van der Waals surface area (Å²) in [6.45, 7) is -1.25. The summed E-state index contributed by atoms with van der Waals surface area (Å²) in [6, 6.07) is 13.4. The maximum atomic E-state index is 13.8. The molecule has 0 heterocycles. The Kier molecular flexibility index (Phi) is 8.41. The van der Waals surface area contributed by atoms with Crippen LogP contribution in [0.4, 0.5) is 46.5 Å². The lowest BCUT2D eigenvalue weighted by Crippen LogP contribution is -2.42. The summed E-state index contributed by atoms with van der Waals surface area (Å²) in [6.07, 6.45) is -14.0. The van der Waals surface area contributed by atoms with Crippen LogP contribution in [0.1, 0.15) is 5.56 Å². The summed E-state index contributed by atoms with van der Waals surface area (Å²) < 4.78 is 105. The maximum Gasteiger partial charge on any atom is 0.458 e. The summed E-state index contributed by atoms with van der Waals surface area (Å²) in [7, 11) is 0. The third kappa shape index (κ3) is 7.04. The zero-order chi connectivity index (χ0) is 28.3. The molecule has 0 fully saturated rings. The predicted molar refractivity (Wildman–Crippen MR) is 120 cm³/mol. The van der Waals surface area contributed by atoms with Gasteiger partial charge in [-0.2, -0.15) is 35.1 Å². The van der Waals surface area contributed by atoms with E-state index in [0.29, 0.717) is 27.0 Å². The topological polar surface area (TPSA) is 75.8 Å². The number of aliphatic hydroxyl groups excluding tert-OH is 1. The molecule has 0 amide bonds. The van der Waals surface area contributed by atoms with E-state index >= 15 is 0 Å². The Morgan fingerprint density at radius 1 is 0.895 bits per heavy atom. The molecule has 0 saturated heterocycles. The highest BCUT2D eigenvalue weighted by molar-refractivity contribution is 7.99. The fourth-order valence-electron chi connectivity index (χ4n) is 2.97. The van der Waals surface area contributed by atoms with E-state index < -0.39 is 47.2 Å². The number of halogens is 8.